The van der Waals surface area contributed by atoms with Crippen molar-refractivity contribution in [3.8, 4) is 5.75 Å². The maximum atomic E-state index is 12.7. The van der Waals surface area contributed by atoms with Gasteiger partial charge < -0.3 is 14.8 Å². The van der Waals surface area contributed by atoms with Crippen molar-refractivity contribution in [3.63, 3.8) is 0 Å². The molecular weight excluding hydrogens is 398 g/mol. The van der Waals surface area contributed by atoms with Gasteiger partial charge in [0.1, 0.15) is 18.4 Å². The molecule has 0 aliphatic carbocycles. The number of hydrazine groups is 1. The molecule has 1 aromatic rings. The molecule has 26 heavy (non-hydrogen) atoms. The Balaban J connectivity index is 1.60. The van der Waals surface area contributed by atoms with Crippen LogP contribution >= 0.6 is 15.9 Å². The van der Waals surface area contributed by atoms with Crippen LogP contribution in [0.2, 0.25) is 0 Å². The van der Waals surface area contributed by atoms with Crippen molar-refractivity contribution < 1.29 is 14.3 Å². The second-order valence-electron chi connectivity index (χ2n) is 7.27. The number of amides is 1. The van der Waals surface area contributed by atoms with Crippen LogP contribution in [0.3, 0.4) is 0 Å². The smallest absolute Gasteiger partial charge is 0.244 e. The number of anilines is 1. The molecule has 6 nitrogen and oxygen atoms in total. The molecule has 0 bridgehead atoms. The third kappa shape index (κ3) is 4.76. The number of carbonyl (C=O) groups excluding carboxylic acids is 1. The van der Waals surface area contributed by atoms with Crippen LogP contribution in [0.1, 0.15) is 33.1 Å². The fourth-order valence-corrected chi connectivity index (χ4v) is 4.44. The van der Waals surface area contributed by atoms with Gasteiger partial charge in [-0.05, 0) is 37.3 Å². The average Bonchev–Trinajstić information content (AvgIpc) is 3.03. The number of alkyl halides is 1. The van der Waals surface area contributed by atoms with Crippen molar-refractivity contribution in [3.05, 3.63) is 24.3 Å². The minimum atomic E-state index is -0.350. The van der Waals surface area contributed by atoms with Crippen molar-refractivity contribution in [2.24, 2.45) is 5.92 Å². The van der Waals surface area contributed by atoms with E-state index in [0.29, 0.717) is 24.0 Å². The molecule has 1 aromatic carbocycles. The largest absolute Gasteiger partial charge is 0.489 e. The van der Waals surface area contributed by atoms with Gasteiger partial charge in [0, 0.05) is 12.6 Å². The van der Waals surface area contributed by atoms with Gasteiger partial charge in [-0.25, -0.2) is 5.43 Å². The van der Waals surface area contributed by atoms with Gasteiger partial charge in [-0.15, -0.1) is 0 Å². The number of halogens is 1. The number of nitrogens with one attached hydrogen (secondary N) is 3. The van der Waals surface area contributed by atoms with Crippen LogP contribution in [-0.4, -0.2) is 42.1 Å². The molecule has 144 valence electrons. The first kappa shape index (κ1) is 19.6. The molecule has 2 aliphatic rings. The first-order valence-electron chi connectivity index (χ1n) is 9.35. The molecule has 7 heteroatoms. The van der Waals surface area contributed by atoms with Gasteiger partial charge in [0.2, 0.25) is 5.91 Å². The van der Waals surface area contributed by atoms with Crippen LogP contribution in [0, 0.1) is 5.92 Å². The number of hydrogen-bond acceptors (Lipinski definition) is 5. The molecule has 0 aromatic heterocycles. The van der Waals surface area contributed by atoms with Gasteiger partial charge in [0.25, 0.3) is 0 Å². The summed E-state index contributed by atoms with van der Waals surface area (Å²) in [5.74, 6) is 0.996. The molecule has 2 heterocycles. The highest BCUT2D eigenvalue weighted by atomic mass is 79.9. The topological polar surface area (TPSA) is 71.6 Å². The van der Waals surface area contributed by atoms with Crippen LogP contribution < -0.4 is 20.9 Å². The molecule has 2 fully saturated rings. The fourth-order valence-electron chi connectivity index (χ4n) is 3.32. The lowest BCUT2D eigenvalue weighted by molar-refractivity contribution is -0.117. The van der Waals surface area contributed by atoms with Crippen molar-refractivity contribution in [2.45, 2.75) is 56.1 Å². The summed E-state index contributed by atoms with van der Waals surface area (Å²) in [6.45, 7) is 5.57. The number of benzene rings is 1. The van der Waals surface area contributed by atoms with Gasteiger partial charge in [0.15, 0.2) is 0 Å². The summed E-state index contributed by atoms with van der Waals surface area (Å²) in [6.07, 6.45) is 3.45. The molecule has 4 unspecified atom stereocenters. The van der Waals surface area contributed by atoms with E-state index in [-0.39, 0.29) is 28.9 Å². The molecule has 1 amide bonds. The Morgan fingerprint density at radius 1 is 1.35 bits per heavy atom. The summed E-state index contributed by atoms with van der Waals surface area (Å²) in [5, 5.41) is 2.99. The highest BCUT2D eigenvalue weighted by molar-refractivity contribution is 9.09. The highest BCUT2D eigenvalue weighted by Gasteiger charge is 2.39. The Morgan fingerprint density at radius 2 is 2.15 bits per heavy atom. The molecule has 3 N–H and O–H groups in total. The SMILES string of the molecule is CC(C)C1NNC(C(=O)Nc2ccccc2OCC2CCCCO2)C1Br. The molecule has 4 atom stereocenters. The van der Waals surface area contributed by atoms with Crippen LogP contribution in [-0.2, 0) is 9.53 Å². The first-order chi connectivity index (χ1) is 12.6. The molecular formula is C19H28BrN3O3. The molecule has 2 aliphatic heterocycles. The van der Waals surface area contributed by atoms with Crippen LogP contribution in [0.25, 0.3) is 0 Å². The number of carbonyl (C=O) groups is 1. The van der Waals surface area contributed by atoms with Crippen molar-refractivity contribution in [2.75, 3.05) is 18.5 Å². The van der Waals surface area contributed by atoms with E-state index in [1.807, 2.05) is 24.3 Å². The van der Waals surface area contributed by atoms with E-state index in [9.17, 15) is 4.79 Å². The van der Waals surface area contributed by atoms with Crippen molar-refractivity contribution in [1.29, 1.82) is 0 Å². The van der Waals surface area contributed by atoms with Crippen molar-refractivity contribution >= 4 is 27.5 Å². The molecule has 3 rings (SSSR count). The lowest BCUT2D eigenvalue weighted by atomic mass is 9.99. The van der Waals surface area contributed by atoms with Crippen LogP contribution in [0.5, 0.6) is 5.75 Å². The summed E-state index contributed by atoms with van der Waals surface area (Å²) in [5.41, 5.74) is 6.97. The number of ether oxygens (including phenoxy) is 2. The fraction of sp³-hybridized carbons (Fsp3) is 0.632. The van der Waals surface area contributed by atoms with Gasteiger partial charge in [-0.3, -0.25) is 10.2 Å². The van der Waals surface area contributed by atoms with E-state index >= 15 is 0 Å². The summed E-state index contributed by atoms with van der Waals surface area (Å²) in [7, 11) is 0. The van der Waals surface area contributed by atoms with E-state index in [0.717, 1.165) is 19.4 Å². The second kappa shape index (κ2) is 9.17. The number of para-hydroxylation sites is 2. The van der Waals surface area contributed by atoms with Crippen LogP contribution in [0.4, 0.5) is 5.69 Å². The molecule has 0 saturated carbocycles. The van der Waals surface area contributed by atoms with E-state index in [2.05, 4.69) is 45.9 Å². The Labute approximate surface area is 163 Å². The zero-order valence-corrected chi connectivity index (χ0v) is 16.9. The normalized spacial score (nSPS) is 28.9. The van der Waals surface area contributed by atoms with E-state index in [4.69, 9.17) is 9.47 Å². The highest BCUT2D eigenvalue weighted by Crippen LogP contribution is 2.27. The zero-order chi connectivity index (χ0) is 18.5. The Hall–Kier alpha value is -1.15. The Kier molecular flexibility index (Phi) is 6.92. The summed E-state index contributed by atoms with van der Waals surface area (Å²) in [6, 6.07) is 7.38. The Morgan fingerprint density at radius 3 is 2.85 bits per heavy atom. The minimum absolute atomic E-state index is 0.0196. The average molecular weight is 426 g/mol. The summed E-state index contributed by atoms with van der Waals surface area (Å²) >= 11 is 3.65. The van der Waals surface area contributed by atoms with E-state index in [1.54, 1.807) is 0 Å². The van der Waals surface area contributed by atoms with Gasteiger partial charge in [-0.1, -0.05) is 41.9 Å². The van der Waals surface area contributed by atoms with Crippen LogP contribution in [0.15, 0.2) is 24.3 Å². The molecule has 0 radical (unpaired) electrons. The third-order valence-electron chi connectivity index (χ3n) is 4.91. The zero-order valence-electron chi connectivity index (χ0n) is 15.3. The Bertz CT molecular complexity index is 607. The number of rotatable bonds is 6. The lowest BCUT2D eigenvalue weighted by Crippen LogP contribution is -2.42. The molecule has 0 spiro atoms. The minimum Gasteiger partial charge on any atom is -0.489 e. The predicted octanol–water partition coefficient (Wildman–Crippen LogP) is 2.84. The van der Waals surface area contributed by atoms with Crippen molar-refractivity contribution in [1.82, 2.24) is 10.9 Å². The van der Waals surface area contributed by atoms with Gasteiger partial charge in [0.05, 0.1) is 16.6 Å². The maximum absolute atomic E-state index is 12.7. The summed E-state index contributed by atoms with van der Waals surface area (Å²) < 4.78 is 11.7. The van der Waals surface area contributed by atoms with E-state index in [1.165, 1.54) is 6.42 Å². The molecule has 2 saturated heterocycles. The first-order valence-corrected chi connectivity index (χ1v) is 10.3. The second-order valence-corrected chi connectivity index (χ2v) is 8.32. The number of hydrogen-bond donors (Lipinski definition) is 3. The third-order valence-corrected chi connectivity index (χ3v) is 6.01. The quantitative estimate of drug-likeness (QED) is 0.611. The predicted molar refractivity (Wildman–Crippen MR) is 106 cm³/mol. The van der Waals surface area contributed by atoms with Gasteiger partial charge in [-0.2, -0.15) is 0 Å². The van der Waals surface area contributed by atoms with E-state index < -0.39 is 0 Å². The maximum Gasteiger partial charge on any atom is 0.244 e. The summed E-state index contributed by atoms with van der Waals surface area (Å²) in [4.78, 5) is 12.7. The lowest BCUT2D eigenvalue weighted by Gasteiger charge is -2.23. The standard InChI is InChI=1S/C19H28BrN3O3/c1-12(2)17-16(20)18(23-22-17)19(24)21-14-8-3-4-9-15(14)26-11-13-7-5-6-10-25-13/h3-4,8-9,12-13,16-18,22-23H,5-7,10-11H2,1-2H3,(H,21,24). The monoisotopic (exact) mass is 425 g/mol. The van der Waals surface area contributed by atoms with Gasteiger partial charge >= 0.3 is 0 Å².